The van der Waals surface area contributed by atoms with Crippen molar-refractivity contribution in [3.63, 3.8) is 0 Å². The predicted octanol–water partition coefficient (Wildman–Crippen LogP) is 3.11. The highest BCUT2D eigenvalue weighted by Crippen LogP contribution is 2.34. The Bertz CT molecular complexity index is 1450. The molecule has 1 aliphatic carbocycles. The lowest BCUT2D eigenvalue weighted by atomic mass is 9.97. The standard InChI is InChI=1S/C24H28N4O4S3/c1-15-7-8-19(16(2)13-15)35(31,32)28-11-9-27(10-12-28)20(29)14-33-24-25-22(30)21-17-5-3-4-6-18(17)34-23(21)26-24/h7-8,13H,3-6,9-12,14H2,1-2H3,(H,25,26,30). The second-order valence-corrected chi connectivity index (χ2v) is 13.1. The number of carbonyl (C=O) groups excluding carboxylic acids is 1. The number of thioether (sulfide) groups is 1. The van der Waals surface area contributed by atoms with E-state index in [1.807, 2.05) is 13.0 Å². The maximum Gasteiger partial charge on any atom is 0.260 e. The van der Waals surface area contributed by atoms with Gasteiger partial charge in [0, 0.05) is 31.1 Å². The summed E-state index contributed by atoms with van der Waals surface area (Å²) in [6, 6.07) is 5.33. The first kappa shape index (κ1) is 24.5. The van der Waals surface area contributed by atoms with Crippen molar-refractivity contribution >= 4 is 49.2 Å². The number of aryl methyl sites for hydroxylation is 4. The van der Waals surface area contributed by atoms with Crippen LogP contribution >= 0.6 is 23.1 Å². The number of aromatic nitrogens is 2. The van der Waals surface area contributed by atoms with Gasteiger partial charge in [0.05, 0.1) is 16.0 Å². The minimum absolute atomic E-state index is 0.0909. The molecule has 1 amide bonds. The van der Waals surface area contributed by atoms with E-state index in [4.69, 9.17) is 0 Å². The molecule has 1 N–H and O–H groups in total. The number of hydrogen-bond acceptors (Lipinski definition) is 7. The zero-order chi connectivity index (χ0) is 24.7. The van der Waals surface area contributed by atoms with Crippen molar-refractivity contribution in [3.8, 4) is 0 Å². The fourth-order valence-electron chi connectivity index (χ4n) is 4.84. The van der Waals surface area contributed by atoms with Crippen LogP contribution < -0.4 is 5.56 Å². The number of hydrogen-bond donors (Lipinski definition) is 1. The molecule has 11 heteroatoms. The zero-order valence-electron chi connectivity index (χ0n) is 19.8. The molecule has 5 rings (SSSR count). The number of nitrogens with one attached hydrogen (secondary N) is 1. The quantitative estimate of drug-likeness (QED) is 0.400. The Balaban J connectivity index is 1.21. The van der Waals surface area contributed by atoms with E-state index in [2.05, 4.69) is 9.97 Å². The molecule has 2 aliphatic rings. The van der Waals surface area contributed by atoms with E-state index in [9.17, 15) is 18.0 Å². The minimum atomic E-state index is -3.60. The number of piperazine rings is 1. The average Bonchev–Trinajstić information content (AvgIpc) is 3.21. The predicted molar refractivity (Wildman–Crippen MR) is 139 cm³/mol. The molecule has 1 fully saturated rings. The zero-order valence-corrected chi connectivity index (χ0v) is 22.2. The molecular weight excluding hydrogens is 504 g/mol. The van der Waals surface area contributed by atoms with Crippen LogP contribution in [0.2, 0.25) is 0 Å². The molecule has 35 heavy (non-hydrogen) atoms. The van der Waals surface area contributed by atoms with Gasteiger partial charge in [-0.1, -0.05) is 29.5 Å². The summed E-state index contributed by atoms with van der Waals surface area (Å²) in [6.45, 7) is 4.93. The fraction of sp³-hybridized carbons (Fsp3) is 0.458. The van der Waals surface area contributed by atoms with Gasteiger partial charge in [-0.15, -0.1) is 11.3 Å². The van der Waals surface area contributed by atoms with Gasteiger partial charge >= 0.3 is 0 Å². The summed E-state index contributed by atoms with van der Waals surface area (Å²) in [4.78, 5) is 37.0. The number of fused-ring (bicyclic) bond motifs is 3. The summed E-state index contributed by atoms with van der Waals surface area (Å²) >= 11 is 2.81. The van der Waals surface area contributed by atoms with Crippen LogP contribution in [0.1, 0.15) is 34.4 Å². The summed E-state index contributed by atoms with van der Waals surface area (Å²) in [7, 11) is -3.60. The van der Waals surface area contributed by atoms with Crippen molar-refractivity contribution in [3.05, 3.63) is 50.1 Å². The van der Waals surface area contributed by atoms with Gasteiger partial charge < -0.3 is 9.88 Å². The van der Waals surface area contributed by atoms with E-state index in [1.165, 1.54) is 20.9 Å². The number of carbonyl (C=O) groups is 1. The first-order valence-electron chi connectivity index (χ1n) is 11.8. The lowest BCUT2D eigenvalue weighted by Crippen LogP contribution is -2.51. The van der Waals surface area contributed by atoms with E-state index < -0.39 is 10.0 Å². The lowest BCUT2D eigenvalue weighted by Gasteiger charge is -2.34. The Labute approximate surface area is 212 Å². The highest BCUT2D eigenvalue weighted by molar-refractivity contribution is 7.99. The monoisotopic (exact) mass is 532 g/mol. The number of nitrogens with zero attached hydrogens (tertiary/aromatic N) is 3. The Morgan fingerprint density at radius 3 is 2.63 bits per heavy atom. The smallest absolute Gasteiger partial charge is 0.260 e. The fourth-order valence-corrected chi connectivity index (χ4v) is 8.55. The third kappa shape index (κ3) is 4.78. The number of benzene rings is 1. The Morgan fingerprint density at radius 1 is 1.14 bits per heavy atom. The van der Waals surface area contributed by atoms with E-state index in [1.54, 1.807) is 35.3 Å². The molecule has 8 nitrogen and oxygen atoms in total. The molecule has 0 atom stereocenters. The molecule has 0 bridgehead atoms. The van der Waals surface area contributed by atoms with Crippen LogP contribution in [-0.2, 0) is 27.7 Å². The second-order valence-electron chi connectivity index (χ2n) is 9.10. The molecule has 0 spiro atoms. The van der Waals surface area contributed by atoms with Gasteiger partial charge in [-0.3, -0.25) is 9.59 Å². The lowest BCUT2D eigenvalue weighted by molar-refractivity contribution is -0.129. The Kier molecular flexibility index (Phi) is 6.77. The third-order valence-corrected chi connectivity index (χ3v) is 10.8. The van der Waals surface area contributed by atoms with E-state index >= 15 is 0 Å². The first-order valence-corrected chi connectivity index (χ1v) is 15.0. The van der Waals surface area contributed by atoms with Crippen LogP contribution in [0, 0.1) is 13.8 Å². The number of rotatable bonds is 5. The van der Waals surface area contributed by atoms with Crippen molar-refractivity contribution in [1.82, 2.24) is 19.2 Å². The van der Waals surface area contributed by atoms with Gasteiger partial charge in [-0.25, -0.2) is 13.4 Å². The molecular formula is C24H28N4O4S3. The van der Waals surface area contributed by atoms with Crippen LogP contribution in [0.15, 0.2) is 33.0 Å². The summed E-state index contributed by atoms with van der Waals surface area (Å²) in [6.07, 6.45) is 4.17. The summed E-state index contributed by atoms with van der Waals surface area (Å²) < 4.78 is 27.6. The van der Waals surface area contributed by atoms with E-state index in [0.29, 0.717) is 28.5 Å². The largest absolute Gasteiger partial charge is 0.339 e. The minimum Gasteiger partial charge on any atom is -0.339 e. The molecule has 3 aromatic rings. The maximum atomic E-state index is 13.1. The van der Waals surface area contributed by atoms with Gasteiger partial charge in [-0.2, -0.15) is 4.31 Å². The van der Waals surface area contributed by atoms with Crippen LogP contribution in [0.5, 0.6) is 0 Å². The number of amides is 1. The van der Waals surface area contributed by atoms with Gasteiger partial charge in [0.25, 0.3) is 5.56 Å². The Hall–Kier alpha value is -2.21. The SMILES string of the molecule is Cc1ccc(S(=O)(=O)N2CCN(C(=O)CSc3nc4sc5c(c4c(=O)[nH]3)CCCC5)CC2)c(C)c1. The number of sulfonamides is 1. The molecule has 1 aliphatic heterocycles. The number of aromatic amines is 1. The normalized spacial score (nSPS) is 17.0. The van der Waals surface area contributed by atoms with Crippen molar-refractivity contribution in [2.45, 2.75) is 49.6 Å². The van der Waals surface area contributed by atoms with Gasteiger partial charge in [0.1, 0.15) is 4.83 Å². The summed E-state index contributed by atoms with van der Waals surface area (Å²) in [5.74, 6) is 0.0513. The first-order chi connectivity index (χ1) is 16.7. The van der Waals surface area contributed by atoms with Crippen LogP contribution in [-0.4, -0.2) is 65.4 Å². The number of H-pyrrole nitrogens is 1. The van der Waals surface area contributed by atoms with E-state index in [-0.39, 0.29) is 30.3 Å². The number of thiophene rings is 1. The third-order valence-electron chi connectivity index (χ3n) is 6.68. The molecule has 2 aromatic heterocycles. The topological polar surface area (TPSA) is 103 Å². The molecule has 0 saturated carbocycles. The second kappa shape index (κ2) is 9.68. The van der Waals surface area contributed by atoms with Gasteiger partial charge in [0.2, 0.25) is 15.9 Å². The molecule has 0 unspecified atom stereocenters. The molecule has 1 aromatic carbocycles. The molecule has 0 radical (unpaired) electrons. The van der Waals surface area contributed by atoms with Crippen LogP contribution in [0.4, 0.5) is 0 Å². The maximum absolute atomic E-state index is 13.1. The average molecular weight is 533 g/mol. The van der Waals surface area contributed by atoms with Crippen molar-refractivity contribution < 1.29 is 13.2 Å². The molecule has 3 heterocycles. The van der Waals surface area contributed by atoms with Crippen LogP contribution in [0.25, 0.3) is 10.2 Å². The van der Waals surface area contributed by atoms with Gasteiger partial charge in [-0.05, 0) is 56.7 Å². The Morgan fingerprint density at radius 2 is 1.89 bits per heavy atom. The molecule has 186 valence electrons. The van der Waals surface area contributed by atoms with E-state index in [0.717, 1.165) is 47.2 Å². The highest BCUT2D eigenvalue weighted by atomic mass is 32.2. The highest BCUT2D eigenvalue weighted by Gasteiger charge is 2.31. The summed E-state index contributed by atoms with van der Waals surface area (Å²) in [5.41, 5.74) is 2.76. The van der Waals surface area contributed by atoms with Crippen LogP contribution in [0.3, 0.4) is 0 Å². The van der Waals surface area contributed by atoms with Crippen molar-refractivity contribution in [2.75, 3.05) is 31.9 Å². The molecule has 1 saturated heterocycles. The summed E-state index contributed by atoms with van der Waals surface area (Å²) in [5, 5.41) is 1.16. The van der Waals surface area contributed by atoms with Gasteiger partial charge in [0.15, 0.2) is 5.16 Å². The van der Waals surface area contributed by atoms with Crippen molar-refractivity contribution in [2.24, 2.45) is 0 Å². The van der Waals surface area contributed by atoms with Crippen molar-refractivity contribution in [1.29, 1.82) is 0 Å².